The normalized spacial score (nSPS) is 18.4. The third-order valence-corrected chi connectivity index (χ3v) is 4.43. The van der Waals surface area contributed by atoms with E-state index in [1.807, 2.05) is 19.1 Å². The summed E-state index contributed by atoms with van der Waals surface area (Å²) in [5.74, 6) is 1.35. The topological polar surface area (TPSA) is 42.0 Å². The monoisotopic (exact) mass is 274 g/mol. The lowest BCUT2D eigenvalue weighted by molar-refractivity contribution is 0.405. The van der Waals surface area contributed by atoms with Gasteiger partial charge in [-0.2, -0.15) is 0 Å². The number of nitrogens with zero attached hydrogens (tertiary/aromatic N) is 1. The summed E-state index contributed by atoms with van der Waals surface area (Å²) in [6, 6.07) is 3.86. The number of hydrogen-bond acceptors (Lipinski definition) is 3. The van der Waals surface area contributed by atoms with Gasteiger partial charge in [-0.1, -0.05) is 0 Å². The molecule has 0 bridgehead atoms. The molecule has 0 radical (unpaired) electrons. The van der Waals surface area contributed by atoms with Crippen molar-refractivity contribution in [2.45, 2.75) is 24.8 Å². The van der Waals surface area contributed by atoms with Crippen LogP contribution >= 0.6 is 12.4 Å². The fourth-order valence-corrected chi connectivity index (χ4v) is 3.41. The van der Waals surface area contributed by atoms with Crippen molar-refractivity contribution in [2.24, 2.45) is 5.92 Å². The Morgan fingerprint density at radius 3 is 2.82 bits per heavy atom. The van der Waals surface area contributed by atoms with Crippen molar-refractivity contribution in [3.8, 4) is 0 Å². The van der Waals surface area contributed by atoms with E-state index in [4.69, 9.17) is 0 Å². The fourth-order valence-electron chi connectivity index (χ4n) is 1.98. The molecule has 0 spiro atoms. The van der Waals surface area contributed by atoms with Crippen molar-refractivity contribution in [1.82, 2.24) is 10.3 Å². The Bertz CT molecular complexity index is 381. The van der Waals surface area contributed by atoms with Crippen LogP contribution in [0.15, 0.2) is 23.4 Å². The van der Waals surface area contributed by atoms with Gasteiger partial charge in [0.1, 0.15) is 5.03 Å². The minimum Gasteiger partial charge on any atom is -0.317 e. The van der Waals surface area contributed by atoms with Crippen LogP contribution in [-0.4, -0.2) is 28.0 Å². The molecule has 0 amide bonds. The maximum atomic E-state index is 12.1. The van der Waals surface area contributed by atoms with E-state index in [0.29, 0.717) is 5.92 Å². The number of aryl methyl sites for hydroxylation is 1. The molecule has 2 rings (SSSR count). The van der Waals surface area contributed by atoms with E-state index in [0.717, 1.165) is 42.3 Å². The van der Waals surface area contributed by atoms with Crippen LogP contribution in [0.2, 0.25) is 0 Å². The van der Waals surface area contributed by atoms with E-state index in [1.165, 1.54) is 0 Å². The zero-order valence-corrected chi connectivity index (χ0v) is 11.6. The average molecular weight is 275 g/mol. The smallest absolute Gasteiger partial charge is 0.127 e. The van der Waals surface area contributed by atoms with Crippen molar-refractivity contribution >= 4 is 23.2 Å². The highest BCUT2D eigenvalue weighted by Crippen LogP contribution is 2.16. The minimum absolute atomic E-state index is 0. The molecular formula is C12H19ClN2OS. The highest BCUT2D eigenvalue weighted by Gasteiger charge is 2.17. The van der Waals surface area contributed by atoms with Crippen LogP contribution in [0.4, 0.5) is 0 Å². The number of hydrogen-bond donors (Lipinski definition) is 1. The Hall–Kier alpha value is -0.450. The number of piperidine rings is 1. The maximum absolute atomic E-state index is 12.1. The second-order valence-corrected chi connectivity index (χ2v) is 5.82. The molecule has 1 N–H and O–H groups in total. The molecule has 1 aliphatic rings. The zero-order chi connectivity index (χ0) is 11.4. The first-order valence-corrected chi connectivity index (χ1v) is 7.09. The first-order chi connectivity index (χ1) is 7.75. The molecule has 5 heteroatoms. The van der Waals surface area contributed by atoms with Crippen molar-refractivity contribution in [2.75, 3.05) is 18.8 Å². The van der Waals surface area contributed by atoms with Gasteiger partial charge >= 0.3 is 0 Å². The van der Waals surface area contributed by atoms with Crippen molar-refractivity contribution in [3.63, 3.8) is 0 Å². The third kappa shape index (κ3) is 4.37. The maximum Gasteiger partial charge on any atom is 0.127 e. The molecule has 1 saturated heterocycles. The van der Waals surface area contributed by atoms with Gasteiger partial charge in [-0.05, 0) is 56.5 Å². The van der Waals surface area contributed by atoms with E-state index in [2.05, 4.69) is 10.3 Å². The van der Waals surface area contributed by atoms with Gasteiger partial charge in [0.05, 0.1) is 10.8 Å². The van der Waals surface area contributed by atoms with Gasteiger partial charge in [-0.25, -0.2) is 4.98 Å². The fraction of sp³-hybridized carbons (Fsp3) is 0.583. The van der Waals surface area contributed by atoms with Crippen LogP contribution in [0.25, 0.3) is 0 Å². The quantitative estimate of drug-likeness (QED) is 0.916. The number of pyridine rings is 1. The first-order valence-electron chi connectivity index (χ1n) is 5.77. The van der Waals surface area contributed by atoms with E-state index in [9.17, 15) is 4.21 Å². The molecule has 3 nitrogen and oxygen atoms in total. The standard InChI is InChI=1S/C12H18N2OS.ClH/c1-10-2-7-14-12(8-10)16(15)9-11-3-5-13-6-4-11;/h2,7-8,11,13H,3-6,9H2,1H3;1H. The molecule has 0 aromatic carbocycles. The molecular weight excluding hydrogens is 256 g/mol. The summed E-state index contributed by atoms with van der Waals surface area (Å²) < 4.78 is 12.1. The number of halogens is 1. The van der Waals surface area contributed by atoms with Gasteiger partial charge in [-0.3, -0.25) is 4.21 Å². The lowest BCUT2D eigenvalue weighted by Crippen LogP contribution is -2.30. The lowest BCUT2D eigenvalue weighted by Gasteiger charge is -2.21. The third-order valence-electron chi connectivity index (χ3n) is 2.97. The van der Waals surface area contributed by atoms with Gasteiger partial charge in [0.15, 0.2) is 0 Å². The largest absolute Gasteiger partial charge is 0.317 e. The van der Waals surface area contributed by atoms with E-state index < -0.39 is 10.8 Å². The number of nitrogens with one attached hydrogen (secondary N) is 1. The Morgan fingerprint density at radius 1 is 1.47 bits per heavy atom. The predicted octanol–water partition coefficient (Wildman–Crippen LogP) is 1.92. The number of rotatable bonds is 3. The van der Waals surface area contributed by atoms with Gasteiger partial charge in [0.25, 0.3) is 0 Å². The molecule has 1 aromatic rings. The summed E-state index contributed by atoms with van der Waals surface area (Å²) in [6.07, 6.45) is 4.01. The Balaban J connectivity index is 0.00000144. The Kier molecular flexibility index (Phi) is 6.09. The van der Waals surface area contributed by atoms with Crippen LogP contribution in [-0.2, 0) is 10.8 Å². The van der Waals surface area contributed by atoms with E-state index >= 15 is 0 Å². The summed E-state index contributed by atoms with van der Waals surface area (Å²) >= 11 is 0. The van der Waals surface area contributed by atoms with Crippen molar-refractivity contribution in [1.29, 1.82) is 0 Å². The molecule has 1 fully saturated rings. The van der Waals surface area contributed by atoms with Gasteiger partial charge in [0, 0.05) is 11.9 Å². The number of aromatic nitrogens is 1. The highest BCUT2D eigenvalue weighted by atomic mass is 35.5. The highest BCUT2D eigenvalue weighted by molar-refractivity contribution is 7.84. The summed E-state index contributed by atoms with van der Waals surface area (Å²) in [6.45, 7) is 4.12. The van der Waals surface area contributed by atoms with Crippen LogP contribution in [0.1, 0.15) is 18.4 Å². The van der Waals surface area contributed by atoms with Crippen LogP contribution < -0.4 is 5.32 Å². The van der Waals surface area contributed by atoms with Gasteiger partial charge in [0.2, 0.25) is 0 Å². The molecule has 1 aromatic heterocycles. The average Bonchev–Trinajstić information content (AvgIpc) is 2.30. The van der Waals surface area contributed by atoms with Gasteiger partial charge in [-0.15, -0.1) is 12.4 Å². The molecule has 1 unspecified atom stereocenters. The van der Waals surface area contributed by atoms with Crippen molar-refractivity contribution < 1.29 is 4.21 Å². The molecule has 1 aliphatic heterocycles. The SMILES string of the molecule is Cc1ccnc(S(=O)CC2CCNCC2)c1.Cl. The minimum atomic E-state index is -0.930. The summed E-state index contributed by atoms with van der Waals surface area (Å²) in [7, 11) is -0.930. The molecule has 0 aliphatic carbocycles. The zero-order valence-electron chi connectivity index (χ0n) is 10.0. The molecule has 17 heavy (non-hydrogen) atoms. The molecule has 96 valence electrons. The predicted molar refractivity (Wildman–Crippen MR) is 73.1 cm³/mol. The summed E-state index contributed by atoms with van der Waals surface area (Å²) in [5.41, 5.74) is 1.13. The van der Waals surface area contributed by atoms with E-state index in [1.54, 1.807) is 6.20 Å². The lowest BCUT2D eigenvalue weighted by atomic mass is 10.0. The van der Waals surface area contributed by atoms with Crippen LogP contribution in [0.5, 0.6) is 0 Å². The van der Waals surface area contributed by atoms with E-state index in [-0.39, 0.29) is 12.4 Å². The molecule has 0 saturated carbocycles. The van der Waals surface area contributed by atoms with Crippen molar-refractivity contribution in [3.05, 3.63) is 23.9 Å². The first kappa shape index (κ1) is 14.6. The van der Waals surface area contributed by atoms with Crippen LogP contribution in [0.3, 0.4) is 0 Å². The Morgan fingerprint density at radius 2 is 2.18 bits per heavy atom. The molecule has 2 heterocycles. The Labute approximate surface area is 111 Å². The second-order valence-electron chi connectivity index (χ2n) is 4.38. The van der Waals surface area contributed by atoms with Gasteiger partial charge < -0.3 is 5.32 Å². The summed E-state index contributed by atoms with van der Waals surface area (Å²) in [5, 5.41) is 4.06. The second kappa shape index (κ2) is 7.09. The summed E-state index contributed by atoms with van der Waals surface area (Å²) in [4.78, 5) is 4.19. The molecule has 1 atom stereocenters. The van der Waals surface area contributed by atoms with Crippen LogP contribution in [0, 0.1) is 12.8 Å².